The van der Waals surface area contributed by atoms with Gasteiger partial charge in [-0.25, -0.2) is 0 Å². The number of nitrogens with two attached hydrogens (primary N) is 1. The fourth-order valence-corrected chi connectivity index (χ4v) is 3.06. The monoisotopic (exact) mass is 368 g/mol. The maximum absolute atomic E-state index is 12.4. The van der Waals surface area contributed by atoms with Crippen LogP contribution in [0.4, 0.5) is 5.69 Å². The summed E-state index contributed by atoms with van der Waals surface area (Å²) in [5.41, 5.74) is 8.12. The van der Waals surface area contributed by atoms with E-state index >= 15 is 0 Å². The number of rotatable bonds is 6. The highest BCUT2D eigenvalue weighted by Gasteiger charge is 2.26. The number of anilines is 1. The summed E-state index contributed by atoms with van der Waals surface area (Å²) < 4.78 is 5.31. The molecule has 7 heteroatoms. The molecule has 3 rings (SSSR count). The van der Waals surface area contributed by atoms with Crippen molar-refractivity contribution < 1.29 is 14.3 Å². The molecule has 1 fully saturated rings. The highest BCUT2D eigenvalue weighted by atomic mass is 16.5. The molecule has 142 valence electrons. The molecule has 0 saturated carbocycles. The van der Waals surface area contributed by atoms with Crippen LogP contribution in [0.1, 0.15) is 28.8 Å². The molecular weight excluding hydrogens is 344 g/mol. The fourth-order valence-electron chi connectivity index (χ4n) is 3.06. The second kappa shape index (κ2) is 9.25. The number of aromatic nitrogens is 1. The van der Waals surface area contributed by atoms with E-state index in [2.05, 4.69) is 15.6 Å². The summed E-state index contributed by atoms with van der Waals surface area (Å²) in [5, 5.41) is 5.68. The largest absolute Gasteiger partial charge is 0.381 e. The van der Waals surface area contributed by atoms with E-state index in [1.807, 2.05) is 6.07 Å². The highest BCUT2D eigenvalue weighted by Crippen LogP contribution is 2.18. The number of ether oxygens (including phenoxy) is 1. The first-order valence-electron chi connectivity index (χ1n) is 9.05. The molecule has 0 spiro atoms. The number of carbonyl (C=O) groups is 2. The molecule has 1 saturated heterocycles. The number of carbonyl (C=O) groups excluding carboxylic acids is 2. The van der Waals surface area contributed by atoms with Gasteiger partial charge < -0.3 is 21.1 Å². The Morgan fingerprint density at radius 2 is 1.93 bits per heavy atom. The number of benzene rings is 1. The van der Waals surface area contributed by atoms with Gasteiger partial charge in [-0.1, -0.05) is 12.1 Å². The number of amides is 2. The Labute approximate surface area is 158 Å². The van der Waals surface area contributed by atoms with Gasteiger partial charge in [0.2, 0.25) is 5.91 Å². The Morgan fingerprint density at radius 3 is 2.67 bits per heavy atom. The maximum Gasteiger partial charge on any atom is 0.255 e. The average Bonchev–Trinajstić information content (AvgIpc) is 2.73. The normalized spacial score (nSPS) is 15.7. The molecule has 1 atom stereocenters. The van der Waals surface area contributed by atoms with Crippen molar-refractivity contribution >= 4 is 17.5 Å². The summed E-state index contributed by atoms with van der Waals surface area (Å²) in [4.78, 5) is 28.6. The van der Waals surface area contributed by atoms with Crippen LogP contribution in [0.2, 0.25) is 0 Å². The molecule has 1 aliphatic rings. The van der Waals surface area contributed by atoms with E-state index in [1.54, 1.807) is 42.7 Å². The van der Waals surface area contributed by atoms with Crippen LogP contribution < -0.4 is 16.4 Å². The van der Waals surface area contributed by atoms with Crippen LogP contribution in [0.5, 0.6) is 0 Å². The second-order valence-corrected chi connectivity index (χ2v) is 6.58. The zero-order valence-corrected chi connectivity index (χ0v) is 15.1. The van der Waals surface area contributed by atoms with E-state index in [4.69, 9.17) is 10.5 Å². The van der Waals surface area contributed by atoms with Crippen molar-refractivity contribution in [2.24, 2.45) is 11.7 Å². The predicted octanol–water partition coefficient (Wildman–Crippen LogP) is 1.70. The molecule has 4 N–H and O–H groups in total. The average molecular weight is 368 g/mol. The lowest BCUT2D eigenvalue weighted by molar-refractivity contribution is -0.124. The lowest BCUT2D eigenvalue weighted by atomic mass is 9.92. The van der Waals surface area contributed by atoms with Crippen molar-refractivity contribution in [3.63, 3.8) is 0 Å². The minimum atomic E-state index is -0.535. The van der Waals surface area contributed by atoms with E-state index in [0.717, 1.165) is 18.4 Å². The van der Waals surface area contributed by atoms with Gasteiger partial charge in [0.25, 0.3) is 5.91 Å². The van der Waals surface area contributed by atoms with E-state index in [1.165, 1.54) is 0 Å². The number of nitrogens with one attached hydrogen (secondary N) is 2. The van der Waals surface area contributed by atoms with E-state index < -0.39 is 6.04 Å². The van der Waals surface area contributed by atoms with Crippen molar-refractivity contribution in [3.8, 4) is 0 Å². The van der Waals surface area contributed by atoms with Crippen molar-refractivity contribution in [2.75, 3.05) is 18.5 Å². The third kappa shape index (κ3) is 5.35. The number of hydrogen-bond donors (Lipinski definition) is 3. The Morgan fingerprint density at radius 1 is 1.19 bits per heavy atom. The lowest BCUT2D eigenvalue weighted by Gasteiger charge is -2.26. The Hall–Kier alpha value is -2.77. The summed E-state index contributed by atoms with van der Waals surface area (Å²) in [5.74, 6) is -0.238. The van der Waals surface area contributed by atoms with Gasteiger partial charge >= 0.3 is 0 Å². The molecule has 1 aliphatic heterocycles. The maximum atomic E-state index is 12.4. The standard InChI is InChI=1S/C20H24N4O3/c21-18(15-6-10-27-11-7-15)20(26)23-13-14-2-1-3-16(12-14)19(25)24-17-4-8-22-9-5-17/h1-5,8-9,12,15,18H,6-7,10-11,13,21H2,(H,23,26)(H,22,24,25). The molecule has 1 aromatic carbocycles. The van der Waals surface area contributed by atoms with Gasteiger partial charge in [0.1, 0.15) is 0 Å². The zero-order chi connectivity index (χ0) is 19.1. The summed E-state index contributed by atoms with van der Waals surface area (Å²) >= 11 is 0. The Kier molecular flexibility index (Phi) is 6.51. The van der Waals surface area contributed by atoms with Crippen molar-refractivity contribution in [3.05, 3.63) is 59.9 Å². The molecule has 2 amide bonds. The molecule has 0 radical (unpaired) electrons. The van der Waals surface area contributed by atoms with Crippen molar-refractivity contribution in [1.82, 2.24) is 10.3 Å². The van der Waals surface area contributed by atoms with Crippen LogP contribution in [0.25, 0.3) is 0 Å². The van der Waals surface area contributed by atoms with Gasteiger partial charge in [0.15, 0.2) is 0 Å². The molecule has 0 aliphatic carbocycles. The number of nitrogens with zero attached hydrogens (tertiary/aromatic N) is 1. The Bertz CT molecular complexity index is 776. The van der Waals surface area contributed by atoms with Gasteiger partial charge in [-0.2, -0.15) is 0 Å². The van der Waals surface area contributed by atoms with E-state index in [0.29, 0.717) is 31.0 Å². The first kappa shape index (κ1) is 19.0. The fraction of sp³-hybridized carbons (Fsp3) is 0.350. The van der Waals surface area contributed by atoms with E-state index in [9.17, 15) is 9.59 Å². The SMILES string of the molecule is NC(C(=O)NCc1cccc(C(=O)Nc2ccncc2)c1)C1CCOCC1. The van der Waals surface area contributed by atoms with Crippen LogP contribution in [0.15, 0.2) is 48.8 Å². The van der Waals surface area contributed by atoms with Gasteiger partial charge in [-0.05, 0) is 48.6 Å². The number of hydrogen-bond acceptors (Lipinski definition) is 5. The summed E-state index contributed by atoms with van der Waals surface area (Å²) in [6, 6.07) is 10.1. The third-order valence-electron chi connectivity index (χ3n) is 4.67. The van der Waals surface area contributed by atoms with Gasteiger partial charge in [-0.15, -0.1) is 0 Å². The molecule has 1 unspecified atom stereocenters. The molecule has 7 nitrogen and oxygen atoms in total. The third-order valence-corrected chi connectivity index (χ3v) is 4.67. The first-order valence-corrected chi connectivity index (χ1v) is 9.05. The smallest absolute Gasteiger partial charge is 0.255 e. The van der Waals surface area contributed by atoms with Crippen LogP contribution in [-0.2, 0) is 16.1 Å². The quantitative estimate of drug-likeness (QED) is 0.720. The molecule has 0 bridgehead atoms. The highest BCUT2D eigenvalue weighted by molar-refractivity contribution is 6.04. The van der Waals surface area contributed by atoms with Gasteiger partial charge in [-0.3, -0.25) is 14.6 Å². The van der Waals surface area contributed by atoms with Gasteiger partial charge in [0.05, 0.1) is 6.04 Å². The lowest BCUT2D eigenvalue weighted by Crippen LogP contribution is -2.46. The van der Waals surface area contributed by atoms with Crippen molar-refractivity contribution in [1.29, 1.82) is 0 Å². The van der Waals surface area contributed by atoms with E-state index in [-0.39, 0.29) is 17.7 Å². The number of pyridine rings is 1. The second-order valence-electron chi connectivity index (χ2n) is 6.58. The molecule has 2 heterocycles. The minimum Gasteiger partial charge on any atom is -0.381 e. The summed E-state index contributed by atoms with van der Waals surface area (Å²) in [6.07, 6.45) is 4.84. The van der Waals surface area contributed by atoms with Crippen LogP contribution >= 0.6 is 0 Å². The molecule has 27 heavy (non-hydrogen) atoms. The summed E-state index contributed by atoms with van der Waals surface area (Å²) in [7, 11) is 0. The molecule has 2 aromatic rings. The molecular formula is C20H24N4O3. The van der Waals surface area contributed by atoms with Crippen LogP contribution in [0.3, 0.4) is 0 Å². The zero-order valence-electron chi connectivity index (χ0n) is 15.1. The molecule has 1 aromatic heterocycles. The van der Waals surface area contributed by atoms with Gasteiger partial charge in [0, 0.05) is 43.4 Å². The topological polar surface area (TPSA) is 106 Å². The first-order chi connectivity index (χ1) is 13.1. The summed E-state index contributed by atoms with van der Waals surface area (Å²) in [6.45, 7) is 1.63. The van der Waals surface area contributed by atoms with Crippen LogP contribution in [0, 0.1) is 5.92 Å². The van der Waals surface area contributed by atoms with Crippen LogP contribution in [-0.4, -0.2) is 36.1 Å². The predicted molar refractivity (Wildman–Crippen MR) is 102 cm³/mol. The van der Waals surface area contributed by atoms with Crippen molar-refractivity contribution in [2.45, 2.75) is 25.4 Å². The Balaban J connectivity index is 1.55. The minimum absolute atomic E-state index is 0.149.